The van der Waals surface area contributed by atoms with Crippen LogP contribution in [0, 0.1) is 5.92 Å². The number of rotatable bonds is 4. The molecule has 0 spiro atoms. The largest absolute Gasteiger partial charge is 0.317 e. The summed E-state index contributed by atoms with van der Waals surface area (Å²) in [6, 6.07) is 0.878. The van der Waals surface area contributed by atoms with Crippen molar-refractivity contribution < 1.29 is 0 Å². The Morgan fingerprint density at radius 3 is 2.76 bits per heavy atom. The van der Waals surface area contributed by atoms with E-state index in [-0.39, 0.29) is 0 Å². The van der Waals surface area contributed by atoms with Crippen molar-refractivity contribution in [3.8, 4) is 0 Å². The molecule has 3 heteroatoms. The van der Waals surface area contributed by atoms with Gasteiger partial charge in [-0.3, -0.25) is 4.90 Å². The number of thioether (sulfide) groups is 1. The smallest absolute Gasteiger partial charge is 0.0136 e. The van der Waals surface area contributed by atoms with Crippen LogP contribution < -0.4 is 5.32 Å². The molecule has 2 aliphatic rings. The minimum absolute atomic E-state index is 0.496. The third kappa shape index (κ3) is 3.62. The fraction of sp³-hybridized carbons (Fsp3) is 1.00. The molecule has 0 radical (unpaired) electrons. The molecule has 2 nitrogen and oxygen atoms in total. The number of hydrogen-bond donors (Lipinski definition) is 1. The van der Waals surface area contributed by atoms with Crippen molar-refractivity contribution in [3.05, 3.63) is 0 Å². The standard InChI is InChI=1S/C14H28N2S/c1-4-15-11-12-5-6-13(12)16-8-7-14(2,3)17-10-9-16/h12-13,15H,4-11H2,1-3H3. The number of nitrogens with zero attached hydrogens (tertiary/aromatic N) is 1. The highest BCUT2D eigenvalue weighted by molar-refractivity contribution is 8.00. The van der Waals surface area contributed by atoms with Crippen LogP contribution in [-0.2, 0) is 0 Å². The lowest BCUT2D eigenvalue weighted by molar-refractivity contribution is 0.0664. The van der Waals surface area contributed by atoms with E-state index in [1.807, 2.05) is 0 Å². The molecule has 0 aromatic rings. The highest BCUT2D eigenvalue weighted by Crippen LogP contribution is 2.36. The van der Waals surface area contributed by atoms with Gasteiger partial charge in [0.2, 0.25) is 0 Å². The molecule has 100 valence electrons. The molecule has 0 aromatic heterocycles. The summed E-state index contributed by atoms with van der Waals surface area (Å²) in [5.74, 6) is 2.23. The molecule has 1 aliphatic heterocycles. The van der Waals surface area contributed by atoms with Crippen LogP contribution in [0.15, 0.2) is 0 Å². The molecular weight excluding hydrogens is 228 g/mol. The lowest BCUT2D eigenvalue weighted by atomic mass is 9.78. The van der Waals surface area contributed by atoms with E-state index >= 15 is 0 Å². The zero-order valence-corrected chi connectivity index (χ0v) is 12.5. The van der Waals surface area contributed by atoms with Gasteiger partial charge in [0.15, 0.2) is 0 Å². The van der Waals surface area contributed by atoms with Gasteiger partial charge >= 0.3 is 0 Å². The van der Waals surface area contributed by atoms with Gasteiger partial charge in [-0.2, -0.15) is 11.8 Å². The van der Waals surface area contributed by atoms with Crippen molar-refractivity contribution in [3.63, 3.8) is 0 Å². The third-order valence-electron chi connectivity index (χ3n) is 4.38. The molecular formula is C14H28N2S. The van der Waals surface area contributed by atoms with Crippen LogP contribution in [0.1, 0.15) is 40.0 Å². The summed E-state index contributed by atoms with van der Waals surface area (Å²) in [4.78, 5) is 2.77. The zero-order valence-electron chi connectivity index (χ0n) is 11.7. The van der Waals surface area contributed by atoms with E-state index in [0.717, 1.165) is 18.5 Å². The summed E-state index contributed by atoms with van der Waals surface area (Å²) in [7, 11) is 0. The van der Waals surface area contributed by atoms with Crippen LogP contribution in [0.4, 0.5) is 0 Å². The maximum atomic E-state index is 3.52. The highest BCUT2D eigenvalue weighted by atomic mass is 32.2. The number of hydrogen-bond acceptors (Lipinski definition) is 3. The van der Waals surface area contributed by atoms with E-state index in [1.165, 1.54) is 44.6 Å². The van der Waals surface area contributed by atoms with Crippen LogP contribution in [0.25, 0.3) is 0 Å². The van der Waals surface area contributed by atoms with E-state index in [2.05, 4.69) is 42.7 Å². The van der Waals surface area contributed by atoms with Gasteiger partial charge in [-0.1, -0.05) is 20.8 Å². The van der Waals surface area contributed by atoms with Crippen molar-refractivity contribution in [1.82, 2.24) is 10.2 Å². The molecule has 2 unspecified atom stereocenters. The molecule has 2 rings (SSSR count). The third-order valence-corrected chi connectivity index (χ3v) is 5.75. The molecule has 2 atom stereocenters. The summed E-state index contributed by atoms with van der Waals surface area (Å²) in [5, 5.41) is 3.52. The van der Waals surface area contributed by atoms with Crippen molar-refractivity contribution in [2.24, 2.45) is 5.92 Å². The maximum Gasteiger partial charge on any atom is 0.0136 e. The van der Waals surface area contributed by atoms with Crippen LogP contribution >= 0.6 is 11.8 Å². The maximum absolute atomic E-state index is 3.52. The molecule has 1 aliphatic carbocycles. The van der Waals surface area contributed by atoms with Gasteiger partial charge in [0.1, 0.15) is 0 Å². The van der Waals surface area contributed by atoms with Gasteiger partial charge < -0.3 is 5.32 Å². The Hall–Kier alpha value is 0.270. The SMILES string of the molecule is CCNCC1CCC1N1CCSC(C)(C)CC1. The first kappa shape index (κ1) is 13.7. The van der Waals surface area contributed by atoms with Gasteiger partial charge in [0.05, 0.1) is 0 Å². The summed E-state index contributed by atoms with van der Waals surface area (Å²) >= 11 is 2.16. The first-order valence-corrected chi connectivity index (χ1v) is 8.19. The topological polar surface area (TPSA) is 15.3 Å². The van der Waals surface area contributed by atoms with E-state index in [9.17, 15) is 0 Å². The minimum atomic E-state index is 0.496. The van der Waals surface area contributed by atoms with Crippen LogP contribution in [0.2, 0.25) is 0 Å². The summed E-state index contributed by atoms with van der Waals surface area (Å²) in [6.07, 6.45) is 4.22. The molecule has 1 saturated heterocycles. The van der Waals surface area contributed by atoms with E-state index < -0.39 is 0 Å². The van der Waals surface area contributed by atoms with Crippen molar-refractivity contribution in [2.45, 2.75) is 50.8 Å². The minimum Gasteiger partial charge on any atom is -0.317 e. The molecule has 0 aromatic carbocycles. The predicted octanol–water partition coefficient (Wildman–Crippen LogP) is 2.59. The average molecular weight is 256 g/mol. The lowest BCUT2D eigenvalue weighted by Gasteiger charge is -2.44. The van der Waals surface area contributed by atoms with Crippen LogP contribution in [0.5, 0.6) is 0 Å². The van der Waals surface area contributed by atoms with Crippen LogP contribution in [-0.4, -0.2) is 47.6 Å². The van der Waals surface area contributed by atoms with Gasteiger partial charge in [-0.15, -0.1) is 0 Å². The fourth-order valence-electron chi connectivity index (χ4n) is 2.97. The Balaban J connectivity index is 1.81. The molecule has 1 N–H and O–H groups in total. The first-order chi connectivity index (χ1) is 8.12. The van der Waals surface area contributed by atoms with Crippen molar-refractivity contribution in [2.75, 3.05) is 31.9 Å². The highest BCUT2D eigenvalue weighted by Gasteiger charge is 2.36. The summed E-state index contributed by atoms with van der Waals surface area (Å²) in [6.45, 7) is 12.0. The van der Waals surface area contributed by atoms with Gasteiger partial charge in [-0.25, -0.2) is 0 Å². The second-order valence-corrected chi connectivity index (χ2v) is 7.91. The van der Waals surface area contributed by atoms with Gasteiger partial charge in [0, 0.05) is 23.1 Å². The quantitative estimate of drug-likeness (QED) is 0.832. The van der Waals surface area contributed by atoms with E-state index in [0.29, 0.717) is 4.75 Å². The molecule has 1 saturated carbocycles. The molecule has 0 bridgehead atoms. The Morgan fingerprint density at radius 2 is 2.12 bits per heavy atom. The monoisotopic (exact) mass is 256 g/mol. The lowest BCUT2D eigenvalue weighted by Crippen LogP contribution is -2.51. The Bertz CT molecular complexity index is 242. The zero-order chi connectivity index (χ0) is 12.3. The van der Waals surface area contributed by atoms with Gasteiger partial charge in [-0.05, 0) is 44.8 Å². The second kappa shape index (κ2) is 5.94. The van der Waals surface area contributed by atoms with E-state index in [1.54, 1.807) is 0 Å². The number of nitrogens with one attached hydrogen (secondary N) is 1. The fourth-order valence-corrected chi connectivity index (χ4v) is 4.08. The Kier molecular flexibility index (Phi) is 4.79. The van der Waals surface area contributed by atoms with Crippen molar-refractivity contribution in [1.29, 1.82) is 0 Å². The summed E-state index contributed by atoms with van der Waals surface area (Å²) < 4.78 is 0.496. The predicted molar refractivity (Wildman–Crippen MR) is 77.8 cm³/mol. The summed E-state index contributed by atoms with van der Waals surface area (Å²) in [5.41, 5.74) is 0. The van der Waals surface area contributed by atoms with Crippen LogP contribution in [0.3, 0.4) is 0 Å². The normalized spacial score (nSPS) is 34.1. The second-order valence-electron chi connectivity index (χ2n) is 6.11. The van der Waals surface area contributed by atoms with Gasteiger partial charge in [0.25, 0.3) is 0 Å². The Labute approximate surface area is 111 Å². The molecule has 17 heavy (non-hydrogen) atoms. The first-order valence-electron chi connectivity index (χ1n) is 7.21. The Morgan fingerprint density at radius 1 is 1.29 bits per heavy atom. The molecule has 1 heterocycles. The average Bonchev–Trinajstić information content (AvgIpc) is 2.40. The molecule has 2 fully saturated rings. The van der Waals surface area contributed by atoms with E-state index in [4.69, 9.17) is 0 Å². The van der Waals surface area contributed by atoms with Crippen molar-refractivity contribution >= 4 is 11.8 Å². The molecule has 0 amide bonds.